The van der Waals surface area contributed by atoms with Gasteiger partial charge in [-0.2, -0.15) is 0 Å². The number of likely N-dealkylation sites (N-methyl/N-ethyl adjacent to an activating group) is 1. The first-order valence-electron chi connectivity index (χ1n) is 9.14. The molecule has 2 atom stereocenters. The summed E-state index contributed by atoms with van der Waals surface area (Å²) in [6.45, 7) is 1.29. The molecule has 3 aliphatic rings. The molecular weight excluding hydrogens is 356 g/mol. The molecule has 142 valence electrons. The summed E-state index contributed by atoms with van der Waals surface area (Å²) in [6.07, 6.45) is 3.63. The van der Waals surface area contributed by atoms with Gasteiger partial charge in [-0.25, -0.2) is 13.6 Å². The Labute approximate surface area is 153 Å². The second kappa shape index (κ2) is 5.51. The number of hydrogen-bond acceptors (Lipinski definition) is 4. The number of carboxylic acids is 1. The Kier molecular flexibility index (Phi) is 3.40. The lowest BCUT2D eigenvalue weighted by Crippen LogP contribution is -2.45. The van der Waals surface area contributed by atoms with E-state index in [1.54, 1.807) is 4.90 Å². The maximum absolute atomic E-state index is 15.6. The molecule has 6 nitrogen and oxygen atoms in total. The van der Waals surface area contributed by atoms with E-state index in [0.717, 1.165) is 31.9 Å². The fraction of sp³-hybridized carbons (Fsp3) is 0.474. The van der Waals surface area contributed by atoms with E-state index in [4.69, 9.17) is 0 Å². The van der Waals surface area contributed by atoms with Crippen molar-refractivity contribution in [3.8, 4) is 0 Å². The number of hydrogen-bond donors (Lipinski definition) is 1. The van der Waals surface area contributed by atoms with Gasteiger partial charge >= 0.3 is 5.97 Å². The molecule has 1 aliphatic carbocycles. The van der Waals surface area contributed by atoms with E-state index in [0.29, 0.717) is 6.54 Å². The van der Waals surface area contributed by atoms with Crippen LogP contribution in [0.1, 0.15) is 35.7 Å². The summed E-state index contributed by atoms with van der Waals surface area (Å²) in [7, 11) is 2.01. The van der Waals surface area contributed by atoms with Gasteiger partial charge in [0.05, 0.1) is 10.9 Å². The lowest BCUT2D eigenvalue weighted by molar-refractivity contribution is 0.0695. The molecule has 2 aliphatic heterocycles. The van der Waals surface area contributed by atoms with Crippen molar-refractivity contribution in [2.45, 2.75) is 37.4 Å². The molecule has 1 aromatic carbocycles. The second-order valence-electron chi connectivity index (χ2n) is 7.87. The zero-order valence-corrected chi connectivity index (χ0v) is 14.8. The van der Waals surface area contributed by atoms with Crippen LogP contribution in [0.5, 0.6) is 0 Å². The predicted molar refractivity (Wildman–Crippen MR) is 95.5 cm³/mol. The van der Waals surface area contributed by atoms with E-state index >= 15 is 4.39 Å². The van der Waals surface area contributed by atoms with Gasteiger partial charge in [0, 0.05) is 37.4 Å². The van der Waals surface area contributed by atoms with E-state index in [-0.39, 0.29) is 34.7 Å². The number of carbonyl (C=O) groups is 1. The summed E-state index contributed by atoms with van der Waals surface area (Å²) < 4.78 is 32.0. The molecular formula is C19H19F2N3O3. The van der Waals surface area contributed by atoms with Gasteiger partial charge in [0.15, 0.2) is 5.82 Å². The highest BCUT2D eigenvalue weighted by molar-refractivity contribution is 5.94. The van der Waals surface area contributed by atoms with E-state index in [9.17, 15) is 19.1 Å². The number of fused-ring (bicyclic) bond motifs is 3. The average Bonchev–Trinajstić information content (AvgIpc) is 3.28. The van der Waals surface area contributed by atoms with E-state index in [1.165, 1.54) is 10.8 Å². The van der Waals surface area contributed by atoms with Crippen LogP contribution in [0.25, 0.3) is 10.9 Å². The number of benzene rings is 1. The average molecular weight is 375 g/mol. The van der Waals surface area contributed by atoms with Crippen molar-refractivity contribution in [3.05, 3.63) is 39.7 Å². The molecule has 1 aromatic heterocycles. The molecule has 3 heterocycles. The minimum absolute atomic E-state index is 0.0139. The Balaban J connectivity index is 1.76. The van der Waals surface area contributed by atoms with Crippen LogP contribution in [0.3, 0.4) is 0 Å². The highest BCUT2D eigenvalue weighted by Gasteiger charge is 2.43. The zero-order valence-electron chi connectivity index (χ0n) is 14.8. The molecule has 1 N–H and O–H groups in total. The van der Waals surface area contributed by atoms with Crippen LogP contribution in [0, 0.1) is 11.6 Å². The number of aromatic nitrogens is 1. The highest BCUT2D eigenvalue weighted by atomic mass is 19.1. The number of nitrogens with zero attached hydrogens (tertiary/aromatic N) is 3. The molecule has 0 spiro atoms. The molecule has 2 saturated heterocycles. The van der Waals surface area contributed by atoms with Crippen LogP contribution < -0.4 is 10.3 Å². The van der Waals surface area contributed by atoms with Crippen LogP contribution in [-0.4, -0.2) is 52.8 Å². The minimum atomic E-state index is -1.39. The molecule has 27 heavy (non-hydrogen) atoms. The standard InChI is InChI=1S/C19H19F2N3O3/c1-22-6-11-4-10(22)7-23(11)17-14(20)5-12-16(15(17)21)24(9-2-3-9)8-13(18(12)25)19(26)27/h5,8-11H,2-4,6-7H2,1H3,(H,26,27)/t10-,11-/m1/s1. The van der Waals surface area contributed by atoms with Gasteiger partial charge in [-0.1, -0.05) is 0 Å². The van der Waals surface area contributed by atoms with Gasteiger partial charge < -0.3 is 14.6 Å². The Morgan fingerprint density at radius 2 is 1.93 bits per heavy atom. The summed E-state index contributed by atoms with van der Waals surface area (Å²) in [6, 6.07) is 1.27. The molecule has 8 heteroatoms. The maximum atomic E-state index is 15.6. The topological polar surface area (TPSA) is 65.8 Å². The first-order valence-corrected chi connectivity index (χ1v) is 9.14. The SMILES string of the molecule is CN1C[C@H]2C[C@@H]1CN2c1c(F)cc2c(=O)c(C(=O)O)cn(C3CC3)c2c1F. The number of pyridine rings is 1. The van der Waals surface area contributed by atoms with Gasteiger partial charge in [-0.05, 0) is 32.4 Å². The van der Waals surface area contributed by atoms with Crippen LogP contribution >= 0.6 is 0 Å². The molecule has 0 radical (unpaired) electrons. The predicted octanol–water partition coefficient (Wildman–Crippen LogP) is 2.21. The van der Waals surface area contributed by atoms with E-state index < -0.39 is 28.6 Å². The van der Waals surface area contributed by atoms with Crippen LogP contribution in [-0.2, 0) is 0 Å². The van der Waals surface area contributed by atoms with Gasteiger partial charge in [-0.15, -0.1) is 0 Å². The third-order valence-corrected chi connectivity index (χ3v) is 6.16. The molecule has 0 amide bonds. The van der Waals surface area contributed by atoms with Crippen molar-refractivity contribution in [3.63, 3.8) is 0 Å². The number of anilines is 1. The first kappa shape index (κ1) is 16.7. The summed E-state index contributed by atoms with van der Waals surface area (Å²) in [5.41, 5.74) is -1.38. The maximum Gasteiger partial charge on any atom is 0.341 e. The quantitative estimate of drug-likeness (QED) is 0.891. The number of piperazine rings is 1. The number of rotatable bonds is 3. The fourth-order valence-electron chi connectivity index (χ4n) is 4.63. The third-order valence-electron chi connectivity index (χ3n) is 6.16. The van der Waals surface area contributed by atoms with E-state index in [1.807, 2.05) is 7.05 Å². The van der Waals surface area contributed by atoms with Gasteiger partial charge in [-0.3, -0.25) is 9.69 Å². The van der Waals surface area contributed by atoms with Crippen LogP contribution in [0.15, 0.2) is 17.1 Å². The Morgan fingerprint density at radius 3 is 2.48 bits per heavy atom. The Bertz CT molecular complexity index is 1040. The van der Waals surface area contributed by atoms with Gasteiger partial charge in [0.25, 0.3) is 0 Å². The van der Waals surface area contributed by atoms with Crippen LogP contribution in [0.4, 0.5) is 14.5 Å². The summed E-state index contributed by atoms with van der Waals surface area (Å²) in [5, 5.41) is 9.09. The van der Waals surface area contributed by atoms with Crippen LogP contribution in [0.2, 0.25) is 0 Å². The Hall–Kier alpha value is -2.48. The third kappa shape index (κ3) is 2.32. The highest BCUT2D eigenvalue weighted by Crippen LogP contribution is 2.42. The second-order valence-corrected chi connectivity index (χ2v) is 7.87. The lowest BCUT2D eigenvalue weighted by Gasteiger charge is -2.34. The summed E-state index contributed by atoms with van der Waals surface area (Å²) >= 11 is 0. The minimum Gasteiger partial charge on any atom is -0.477 e. The number of aromatic carboxylic acids is 1. The van der Waals surface area contributed by atoms with Crippen molar-refractivity contribution in [1.82, 2.24) is 9.47 Å². The Morgan fingerprint density at radius 1 is 1.19 bits per heavy atom. The normalized spacial score (nSPS) is 24.9. The van der Waals surface area contributed by atoms with Gasteiger partial charge in [0.2, 0.25) is 5.43 Å². The largest absolute Gasteiger partial charge is 0.477 e. The van der Waals surface area contributed by atoms with Crippen molar-refractivity contribution >= 4 is 22.6 Å². The summed E-state index contributed by atoms with van der Waals surface area (Å²) in [5.74, 6) is -2.96. The fourth-order valence-corrected chi connectivity index (χ4v) is 4.63. The van der Waals surface area contributed by atoms with Crippen molar-refractivity contribution in [2.75, 3.05) is 25.0 Å². The van der Waals surface area contributed by atoms with Crippen molar-refractivity contribution < 1.29 is 18.7 Å². The molecule has 1 saturated carbocycles. The molecule has 2 aromatic rings. The lowest BCUT2D eigenvalue weighted by atomic mass is 10.1. The number of likely N-dealkylation sites (tertiary alicyclic amines) is 1. The van der Waals surface area contributed by atoms with Crippen molar-refractivity contribution in [1.29, 1.82) is 0 Å². The van der Waals surface area contributed by atoms with Gasteiger partial charge in [0.1, 0.15) is 17.1 Å². The molecule has 0 unspecified atom stereocenters. The van der Waals surface area contributed by atoms with Crippen molar-refractivity contribution in [2.24, 2.45) is 0 Å². The summed E-state index contributed by atoms with van der Waals surface area (Å²) in [4.78, 5) is 27.9. The molecule has 3 fully saturated rings. The number of halogens is 2. The smallest absolute Gasteiger partial charge is 0.341 e. The zero-order chi connectivity index (χ0) is 19.0. The molecule has 2 bridgehead atoms. The first-order chi connectivity index (χ1) is 12.9. The monoisotopic (exact) mass is 375 g/mol. The molecule has 5 rings (SSSR count). The van der Waals surface area contributed by atoms with E-state index in [2.05, 4.69) is 4.90 Å². The number of carboxylic acid groups (broad SMARTS) is 1.